The number of aryl methyl sites for hydroxylation is 1. The first kappa shape index (κ1) is 27.4. The van der Waals surface area contributed by atoms with Crippen LogP contribution in [0, 0.1) is 5.92 Å². The van der Waals surface area contributed by atoms with Crippen molar-refractivity contribution in [3.63, 3.8) is 0 Å². The summed E-state index contributed by atoms with van der Waals surface area (Å²) >= 11 is 0. The van der Waals surface area contributed by atoms with Crippen LogP contribution in [0.2, 0.25) is 0 Å². The van der Waals surface area contributed by atoms with Crippen molar-refractivity contribution >= 4 is 17.8 Å². The Kier molecular flexibility index (Phi) is 6.67. The van der Waals surface area contributed by atoms with Crippen LogP contribution in [-0.2, 0) is 28.7 Å². The number of alkyl carbamates (subject to hydrolysis) is 1. The van der Waals surface area contributed by atoms with Crippen molar-refractivity contribution in [3.8, 4) is 0 Å². The molecule has 214 valence electrons. The van der Waals surface area contributed by atoms with E-state index in [4.69, 9.17) is 4.74 Å². The number of carbonyl (C=O) groups is 2. The van der Waals surface area contributed by atoms with Crippen LogP contribution in [0.5, 0.6) is 0 Å². The number of ether oxygens (including phenoxy) is 2. The smallest absolute Gasteiger partial charge is 0.443 e. The van der Waals surface area contributed by atoms with Gasteiger partial charge >= 0.3 is 12.5 Å². The van der Waals surface area contributed by atoms with Crippen molar-refractivity contribution in [3.05, 3.63) is 29.2 Å². The highest BCUT2D eigenvalue weighted by molar-refractivity contribution is 6.02. The first-order chi connectivity index (χ1) is 18.1. The molecule has 0 radical (unpaired) electrons. The Morgan fingerprint density at radius 3 is 2.41 bits per heavy atom. The van der Waals surface area contributed by atoms with Crippen LogP contribution in [0.15, 0.2) is 12.1 Å². The number of hydrogen-bond acceptors (Lipinski definition) is 6. The second kappa shape index (κ2) is 9.49. The Balaban J connectivity index is 1.27. The number of carbonyl (C=O) groups excluding carboxylic acids is 2. The maximum atomic E-state index is 14.9. The van der Waals surface area contributed by atoms with Crippen molar-refractivity contribution in [2.75, 3.05) is 5.32 Å². The van der Waals surface area contributed by atoms with Gasteiger partial charge in [0.05, 0.1) is 16.9 Å². The topological polar surface area (TPSA) is 112 Å². The Morgan fingerprint density at radius 1 is 1.13 bits per heavy atom. The Labute approximate surface area is 222 Å². The number of halogens is 4. The standard InChI is InChI=1S/C25H32F4N6O4/c1-23(2,3)35-20(30-21(36)18-7-15(32-34(18)4)12-38-25(27,28)29)8-17(33-35)14-5-16(26)19(6-14)39-22(37)31-24-9-13(10-24)11-24/h7-8,13-14,16,19H,5-6,9-12H2,1-4H3,(H,30,36)(H,31,37)/t13?,14-,16-,19-,24?/m1/s1. The molecule has 0 aromatic carbocycles. The summed E-state index contributed by atoms with van der Waals surface area (Å²) in [5.74, 6) is 0.0697. The van der Waals surface area contributed by atoms with E-state index < -0.39 is 42.8 Å². The second-order valence-corrected chi connectivity index (χ2v) is 11.9. The van der Waals surface area contributed by atoms with Gasteiger partial charge in [0.1, 0.15) is 30.4 Å². The monoisotopic (exact) mass is 556 g/mol. The van der Waals surface area contributed by atoms with Crippen molar-refractivity contribution < 1.29 is 36.6 Å². The van der Waals surface area contributed by atoms with Gasteiger partial charge < -0.3 is 15.4 Å². The Hall–Kier alpha value is -3.16. The molecular weight excluding hydrogens is 524 g/mol. The minimum Gasteiger partial charge on any atom is -0.443 e. The van der Waals surface area contributed by atoms with Crippen molar-refractivity contribution in [2.24, 2.45) is 13.0 Å². The maximum absolute atomic E-state index is 14.9. The molecule has 2 amide bonds. The first-order valence-electron chi connectivity index (χ1n) is 12.9. The fourth-order valence-corrected chi connectivity index (χ4v) is 5.67. The zero-order valence-corrected chi connectivity index (χ0v) is 22.1. The van der Waals surface area contributed by atoms with E-state index in [-0.39, 0.29) is 35.7 Å². The van der Waals surface area contributed by atoms with Gasteiger partial charge in [0.25, 0.3) is 5.91 Å². The molecule has 2 heterocycles. The van der Waals surface area contributed by atoms with Crippen LogP contribution in [0.3, 0.4) is 0 Å². The van der Waals surface area contributed by atoms with Crippen LogP contribution in [0.4, 0.5) is 28.2 Å². The number of nitrogens with zero attached hydrogens (tertiary/aromatic N) is 4. The molecule has 4 fully saturated rings. The maximum Gasteiger partial charge on any atom is 0.522 e. The SMILES string of the molecule is Cn1nc(COC(F)(F)F)cc1C(=O)Nc1cc([C@@H]2C[C@@H](F)[C@H](OC(=O)NC34CC(C3)C4)C2)nn1C(C)(C)C. The number of hydrogen-bond donors (Lipinski definition) is 2. The summed E-state index contributed by atoms with van der Waals surface area (Å²) in [6.45, 7) is 4.81. The fraction of sp³-hybridized carbons (Fsp3) is 0.680. The normalized spacial score (nSPS) is 28.0. The molecular formula is C25H32F4N6O4. The van der Waals surface area contributed by atoms with E-state index in [0.717, 1.165) is 23.9 Å². The number of rotatable bonds is 7. The minimum atomic E-state index is -4.82. The zero-order chi connectivity index (χ0) is 28.3. The number of amides is 2. The molecule has 2 N–H and O–H groups in total. The van der Waals surface area contributed by atoms with Gasteiger partial charge in [0.2, 0.25) is 0 Å². The fourth-order valence-electron chi connectivity index (χ4n) is 5.67. The third-order valence-corrected chi connectivity index (χ3v) is 7.66. The number of aromatic nitrogens is 4. The van der Waals surface area contributed by atoms with Crippen molar-refractivity contribution in [1.82, 2.24) is 24.9 Å². The highest BCUT2D eigenvalue weighted by Gasteiger charge is 2.58. The van der Waals surface area contributed by atoms with E-state index in [2.05, 4.69) is 25.6 Å². The molecule has 6 rings (SSSR count). The van der Waals surface area contributed by atoms with E-state index in [1.165, 1.54) is 13.1 Å². The van der Waals surface area contributed by atoms with Gasteiger partial charge in [-0.2, -0.15) is 10.2 Å². The van der Waals surface area contributed by atoms with E-state index in [0.29, 0.717) is 17.4 Å². The zero-order valence-electron chi connectivity index (χ0n) is 22.1. The largest absolute Gasteiger partial charge is 0.522 e. The van der Waals surface area contributed by atoms with Gasteiger partial charge in [-0.1, -0.05) is 0 Å². The molecule has 14 heteroatoms. The molecule has 0 spiro atoms. The van der Waals surface area contributed by atoms with E-state index in [1.807, 2.05) is 20.8 Å². The molecule has 0 aliphatic heterocycles. The molecule has 39 heavy (non-hydrogen) atoms. The van der Waals surface area contributed by atoms with Gasteiger partial charge in [-0.25, -0.2) is 13.9 Å². The van der Waals surface area contributed by atoms with Crippen LogP contribution < -0.4 is 10.6 Å². The third kappa shape index (κ3) is 5.75. The second-order valence-electron chi connectivity index (χ2n) is 11.9. The Bertz CT molecular complexity index is 1250. The first-order valence-corrected chi connectivity index (χ1v) is 12.9. The van der Waals surface area contributed by atoms with E-state index in [9.17, 15) is 27.2 Å². The molecule has 4 aliphatic carbocycles. The number of anilines is 1. The van der Waals surface area contributed by atoms with Crippen LogP contribution in [0.1, 0.15) is 80.7 Å². The lowest BCUT2D eigenvalue weighted by molar-refractivity contribution is -0.330. The van der Waals surface area contributed by atoms with Gasteiger partial charge in [-0.15, -0.1) is 13.2 Å². The van der Waals surface area contributed by atoms with Crippen molar-refractivity contribution in [2.45, 2.75) is 95.1 Å². The lowest BCUT2D eigenvalue weighted by atomic mass is 9.50. The number of alkyl halides is 4. The molecule has 2 bridgehead atoms. The molecule has 2 aromatic heterocycles. The molecule has 0 saturated heterocycles. The van der Waals surface area contributed by atoms with E-state index >= 15 is 0 Å². The van der Waals surface area contributed by atoms with E-state index in [1.54, 1.807) is 10.7 Å². The third-order valence-electron chi connectivity index (χ3n) is 7.66. The van der Waals surface area contributed by atoms with Gasteiger partial charge in [-0.3, -0.25) is 14.2 Å². The summed E-state index contributed by atoms with van der Waals surface area (Å²) in [5.41, 5.74) is -0.228. The molecule has 10 nitrogen and oxygen atoms in total. The summed E-state index contributed by atoms with van der Waals surface area (Å²) in [4.78, 5) is 25.4. The Morgan fingerprint density at radius 2 is 1.82 bits per heavy atom. The predicted octanol–water partition coefficient (Wildman–Crippen LogP) is 4.52. The minimum absolute atomic E-state index is 0.0202. The summed E-state index contributed by atoms with van der Waals surface area (Å²) in [7, 11) is 1.43. The number of nitrogens with one attached hydrogen (secondary N) is 2. The predicted molar refractivity (Wildman–Crippen MR) is 130 cm³/mol. The average Bonchev–Trinajstić information content (AvgIpc) is 3.45. The lowest BCUT2D eigenvalue weighted by Gasteiger charge is -2.61. The van der Waals surface area contributed by atoms with Crippen LogP contribution in [0.25, 0.3) is 0 Å². The summed E-state index contributed by atoms with van der Waals surface area (Å²) < 4.78 is 64.0. The van der Waals surface area contributed by atoms with Crippen LogP contribution in [-0.4, -0.2) is 55.7 Å². The summed E-state index contributed by atoms with van der Waals surface area (Å²) in [6, 6.07) is 2.86. The highest BCUT2D eigenvalue weighted by Crippen LogP contribution is 2.57. The van der Waals surface area contributed by atoms with Crippen LogP contribution >= 0.6 is 0 Å². The molecule has 0 unspecified atom stereocenters. The highest BCUT2D eigenvalue weighted by atomic mass is 19.4. The quantitative estimate of drug-likeness (QED) is 0.485. The van der Waals surface area contributed by atoms with Crippen molar-refractivity contribution in [1.29, 1.82) is 0 Å². The molecule has 4 saturated carbocycles. The molecule has 4 aliphatic rings. The summed E-state index contributed by atoms with van der Waals surface area (Å²) in [5, 5.41) is 14.2. The molecule has 2 aromatic rings. The van der Waals surface area contributed by atoms with Gasteiger partial charge in [0.15, 0.2) is 0 Å². The summed E-state index contributed by atoms with van der Waals surface area (Å²) in [6.07, 6.45) is -4.43. The average molecular weight is 557 g/mol. The van der Waals surface area contributed by atoms with Gasteiger partial charge in [0, 0.05) is 24.6 Å². The van der Waals surface area contributed by atoms with Gasteiger partial charge in [-0.05, 0) is 64.9 Å². The molecule has 3 atom stereocenters. The lowest BCUT2D eigenvalue weighted by Crippen LogP contribution is -2.68.